The highest BCUT2D eigenvalue weighted by Gasteiger charge is 1.98. The van der Waals surface area contributed by atoms with E-state index >= 15 is 0 Å². The van der Waals surface area contributed by atoms with Crippen LogP contribution in [0.15, 0.2) is 0 Å². The van der Waals surface area contributed by atoms with E-state index in [9.17, 15) is 9.59 Å². The third kappa shape index (κ3) is 22.1. The molecule has 0 N–H and O–H groups in total. The number of carbonyl (C=O) groups is 2. The van der Waals surface area contributed by atoms with Gasteiger partial charge >= 0.3 is 5.97 Å². The minimum Gasteiger partial charge on any atom is -0.468 e. The lowest BCUT2D eigenvalue weighted by Crippen LogP contribution is -2.02. The molecule has 0 aliphatic carbocycles. The minimum absolute atomic E-state index is 0.0593. The van der Waals surface area contributed by atoms with Crippen LogP contribution in [0, 0.1) is 0 Å². The molecule has 0 aromatic heterocycles. The molecule has 0 radical (unpaired) electrons. The SMILES string of the molecule is CCCCCC(=O)OCC.CCCCCCCOC=O. The average molecular weight is 288 g/mol. The summed E-state index contributed by atoms with van der Waals surface area (Å²) >= 11 is 0. The Balaban J connectivity index is 0. The van der Waals surface area contributed by atoms with E-state index in [-0.39, 0.29) is 5.97 Å². The van der Waals surface area contributed by atoms with E-state index in [1.807, 2.05) is 6.92 Å². The summed E-state index contributed by atoms with van der Waals surface area (Å²) in [6.45, 7) is 7.74. The smallest absolute Gasteiger partial charge is 0.305 e. The van der Waals surface area contributed by atoms with Gasteiger partial charge in [0, 0.05) is 6.42 Å². The number of hydrogen-bond donors (Lipinski definition) is 0. The highest BCUT2D eigenvalue weighted by atomic mass is 16.5. The topological polar surface area (TPSA) is 52.6 Å². The Morgan fingerprint density at radius 2 is 1.50 bits per heavy atom. The molecule has 0 saturated carbocycles. The molecule has 0 aromatic carbocycles. The largest absolute Gasteiger partial charge is 0.468 e. The lowest BCUT2D eigenvalue weighted by atomic mass is 10.2. The van der Waals surface area contributed by atoms with Gasteiger partial charge in [-0.2, -0.15) is 0 Å². The summed E-state index contributed by atoms with van der Waals surface area (Å²) in [7, 11) is 0. The lowest BCUT2D eigenvalue weighted by molar-refractivity contribution is -0.143. The molecular formula is C16H32O4. The van der Waals surface area contributed by atoms with Crippen LogP contribution in [0.2, 0.25) is 0 Å². The van der Waals surface area contributed by atoms with Crippen molar-refractivity contribution in [1.82, 2.24) is 0 Å². The first-order valence-corrected chi connectivity index (χ1v) is 7.93. The van der Waals surface area contributed by atoms with Crippen LogP contribution in [0.3, 0.4) is 0 Å². The van der Waals surface area contributed by atoms with E-state index in [0.717, 1.165) is 25.7 Å². The van der Waals surface area contributed by atoms with Crippen LogP contribution in [0.5, 0.6) is 0 Å². The number of hydrogen-bond acceptors (Lipinski definition) is 4. The molecule has 0 amide bonds. The number of unbranched alkanes of at least 4 members (excludes halogenated alkanes) is 6. The molecule has 0 fully saturated rings. The van der Waals surface area contributed by atoms with Crippen molar-refractivity contribution in [1.29, 1.82) is 0 Å². The predicted molar refractivity (Wildman–Crippen MR) is 81.6 cm³/mol. The lowest BCUT2D eigenvalue weighted by Gasteiger charge is -1.99. The van der Waals surface area contributed by atoms with E-state index in [2.05, 4.69) is 18.6 Å². The van der Waals surface area contributed by atoms with Crippen LogP contribution in [0.1, 0.15) is 78.6 Å². The van der Waals surface area contributed by atoms with E-state index in [4.69, 9.17) is 4.74 Å². The van der Waals surface area contributed by atoms with Crippen molar-refractivity contribution in [2.45, 2.75) is 78.6 Å². The Morgan fingerprint density at radius 1 is 0.900 bits per heavy atom. The van der Waals surface area contributed by atoms with Gasteiger partial charge in [0.2, 0.25) is 0 Å². The van der Waals surface area contributed by atoms with Crippen molar-refractivity contribution >= 4 is 12.4 Å². The van der Waals surface area contributed by atoms with Crippen molar-refractivity contribution in [3.05, 3.63) is 0 Å². The van der Waals surface area contributed by atoms with Gasteiger partial charge in [-0.05, 0) is 19.8 Å². The Morgan fingerprint density at radius 3 is 2.05 bits per heavy atom. The predicted octanol–water partition coefficient (Wildman–Crippen LogP) is 4.26. The molecule has 0 bridgehead atoms. The summed E-state index contributed by atoms with van der Waals surface area (Å²) in [4.78, 5) is 20.4. The third-order valence-corrected chi connectivity index (χ3v) is 2.72. The van der Waals surface area contributed by atoms with Crippen LogP contribution >= 0.6 is 0 Å². The third-order valence-electron chi connectivity index (χ3n) is 2.72. The van der Waals surface area contributed by atoms with E-state index in [1.165, 1.54) is 25.7 Å². The molecule has 0 spiro atoms. The maximum absolute atomic E-state index is 10.7. The first-order chi connectivity index (χ1) is 9.72. The van der Waals surface area contributed by atoms with Gasteiger partial charge in [-0.15, -0.1) is 0 Å². The van der Waals surface area contributed by atoms with E-state index in [1.54, 1.807) is 0 Å². The standard InChI is InChI=1S/2C8H16O2/c1-3-5-6-7-8(9)10-4-2;1-2-3-4-5-6-7-10-8-9/h3-7H2,1-2H3;8H,2-7H2,1H3. The van der Waals surface area contributed by atoms with Crippen LogP contribution < -0.4 is 0 Å². The van der Waals surface area contributed by atoms with Crippen molar-refractivity contribution in [3.63, 3.8) is 0 Å². The van der Waals surface area contributed by atoms with Gasteiger partial charge < -0.3 is 9.47 Å². The van der Waals surface area contributed by atoms with Crippen molar-refractivity contribution in [2.24, 2.45) is 0 Å². The molecule has 0 heterocycles. The van der Waals surface area contributed by atoms with Crippen molar-refractivity contribution in [3.8, 4) is 0 Å². The zero-order valence-corrected chi connectivity index (χ0v) is 13.5. The maximum atomic E-state index is 10.7. The molecule has 4 heteroatoms. The fraction of sp³-hybridized carbons (Fsp3) is 0.875. The second kappa shape index (κ2) is 20.3. The van der Waals surface area contributed by atoms with E-state index in [0.29, 0.717) is 26.1 Å². The monoisotopic (exact) mass is 288 g/mol. The van der Waals surface area contributed by atoms with Crippen LogP contribution in [0.25, 0.3) is 0 Å². The van der Waals surface area contributed by atoms with Gasteiger partial charge in [0.15, 0.2) is 0 Å². The molecule has 0 atom stereocenters. The van der Waals surface area contributed by atoms with Gasteiger partial charge in [0.25, 0.3) is 6.47 Å². The van der Waals surface area contributed by atoms with Crippen molar-refractivity contribution < 1.29 is 19.1 Å². The number of rotatable bonds is 12. The molecule has 0 rings (SSSR count). The molecule has 0 aliphatic rings. The Kier molecular flexibility index (Phi) is 21.5. The second-order valence-electron chi connectivity index (χ2n) is 4.64. The molecule has 0 unspecified atom stereocenters. The van der Waals surface area contributed by atoms with Crippen LogP contribution in [-0.4, -0.2) is 25.7 Å². The first-order valence-electron chi connectivity index (χ1n) is 7.93. The van der Waals surface area contributed by atoms with E-state index < -0.39 is 0 Å². The number of ether oxygens (including phenoxy) is 2. The quantitative estimate of drug-likeness (QED) is 0.306. The van der Waals surface area contributed by atoms with Gasteiger partial charge in [-0.3, -0.25) is 9.59 Å². The zero-order valence-electron chi connectivity index (χ0n) is 13.5. The van der Waals surface area contributed by atoms with Gasteiger partial charge in [0.1, 0.15) is 0 Å². The summed E-state index contributed by atoms with van der Waals surface area (Å²) in [5.41, 5.74) is 0. The molecule has 4 nitrogen and oxygen atoms in total. The van der Waals surface area contributed by atoms with Gasteiger partial charge in [-0.25, -0.2) is 0 Å². The summed E-state index contributed by atoms with van der Waals surface area (Å²) in [5.74, 6) is -0.0593. The van der Waals surface area contributed by atoms with Crippen molar-refractivity contribution in [2.75, 3.05) is 13.2 Å². The Labute approximate surface area is 124 Å². The summed E-state index contributed by atoms with van der Waals surface area (Å²) in [6.07, 6.45) is 9.84. The zero-order chi connectivity index (χ0) is 15.5. The summed E-state index contributed by atoms with van der Waals surface area (Å²) in [5, 5.41) is 0. The maximum Gasteiger partial charge on any atom is 0.305 e. The first kappa shape index (κ1) is 21.2. The fourth-order valence-electron chi connectivity index (χ4n) is 1.59. The minimum atomic E-state index is -0.0593. The average Bonchev–Trinajstić information content (AvgIpc) is 2.44. The molecule has 20 heavy (non-hydrogen) atoms. The number of esters is 1. The summed E-state index contributed by atoms with van der Waals surface area (Å²) in [6, 6.07) is 0. The van der Waals surface area contributed by atoms with Gasteiger partial charge in [0.05, 0.1) is 13.2 Å². The Hall–Kier alpha value is -1.06. The molecule has 120 valence electrons. The highest BCUT2D eigenvalue weighted by Crippen LogP contribution is 2.01. The Bertz CT molecular complexity index is 205. The number of carbonyl (C=O) groups excluding carboxylic acids is 2. The molecular weight excluding hydrogens is 256 g/mol. The molecule has 0 aliphatic heterocycles. The second-order valence-corrected chi connectivity index (χ2v) is 4.64. The van der Waals surface area contributed by atoms with Crippen LogP contribution in [-0.2, 0) is 19.1 Å². The highest BCUT2D eigenvalue weighted by molar-refractivity contribution is 5.69. The van der Waals surface area contributed by atoms with Crippen LogP contribution in [0.4, 0.5) is 0 Å². The van der Waals surface area contributed by atoms with Gasteiger partial charge in [-0.1, -0.05) is 52.4 Å². The normalized spacial score (nSPS) is 9.35. The molecule has 0 aromatic rings. The fourth-order valence-corrected chi connectivity index (χ4v) is 1.59. The molecule has 0 saturated heterocycles. The summed E-state index contributed by atoms with van der Waals surface area (Å²) < 4.78 is 9.28.